The van der Waals surface area contributed by atoms with Crippen molar-refractivity contribution in [1.82, 2.24) is 0 Å². The Morgan fingerprint density at radius 2 is 1.62 bits per heavy atom. The molecule has 0 heterocycles. The van der Waals surface area contributed by atoms with Gasteiger partial charge in [0.15, 0.2) is 14.0 Å². The van der Waals surface area contributed by atoms with Crippen LogP contribution in [0, 0.1) is 5.41 Å². The summed E-state index contributed by atoms with van der Waals surface area (Å²) in [7, 11) is 5.42. The fraction of sp³-hybridized carbons (Fsp3) is 0.875. The highest BCUT2D eigenvalue weighted by molar-refractivity contribution is 6.11. The lowest BCUT2D eigenvalue weighted by Gasteiger charge is -2.29. The second-order valence-corrected chi connectivity index (χ2v) is 5.83. The molecule has 0 spiro atoms. The summed E-state index contributed by atoms with van der Waals surface area (Å²) in [4.78, 5) is 22.5. The van der Waals surface area contributed by atoms with Crippen LogP contribution in [0.4, 0.5) is 0 Å². The molecule has 0 aromatic rings. The third-order valence-corrected chi connectivity index (χ3v) is 3.82. The number of unbranched alkanes of at least 4 members (excludes halogenated alkanes) is 5. The molecule has 0 fully saturated rings. The second kappa shape index (κ2) is 11.6. The van der Waals surface area contributed by atoms with Crippen molar-refractivity contribution in [3.8, 4) is 0 Å². The molecule has 0 aliphatic heterocycles. The number of carbonyl (C=O) groups excluding carboxylic acids is 2. The number of hydrogen-bond donors (Lipinski definition) is 0. The summed E-state index contributed by atoms with van der Waals surface area (Å²) in [6.45, 7) is 6.40. The Morgan fingerprint density at radius 1 is 1.10 bits per heavy atom. The van der Waals surface area contributed by atoms with Gasteiger partial charge in [0, 0.05) is 0 Å². The van der Waals surface area contributed by atoms with Gasteiger partial charge < -0.3 is 9.47 Å². The van der Waals surface area contributed by atoms with Crippen molar-refractivity contribution in [2.75, 3.05) is 0 Å². The van der Waals surface area contributed by atoms with Gasteiger partial charge in [0.05, 0.1) is 5.41 Å². The van der Waals surface area contributed by atoms with Crippen LogP contribution in [0.25, 0.3) is 0 Å². The minimum atomic E-state index is -1.31. The van der Waals surface area contributed by atoms with E-state index in [0.29, 0.717) is 0 Å². The Hall–Kier alpha value is -0.995. The van der Waals surface area contributed by atoms with Crippen LogP contribution in [0.2, 0.25) is 0 Å². The summed E-state index contributed by atoms with van der Waals surface area (Å²) in [6, 6.07) is 0. The number of carbonyl (C=O) groups is 2. The molecule has 120 valence electrons. The molecule has 0 amide bonds. The smallest absolute Gasteiger partial charge is 0.314 e. The lowest BCUT2D eigenvalue weighted by molar-refractivity contribution is -0.176. The highest BCUT2D eigenvalue weighted by Gasteiger charge is 2.34. The lowest BCUT2D eigenvalue weighted by Crippen LogP contribution is -2.34. The van der Waals surface area contributed by atoms with E-state index in [4.69, 9.17) is 12.6 Å². The first-order valence-corrected chi connectivity index (χ1v) is 8.06. The minimum Gasteiger partial charge on any atom is -0.438 e. The molecule has 5 heteroatoms. The van der Waals surface area contributed by atoms with E-state index in [1.54, 1.807) is 0 Å². The molecule has 2 unspecified atom stereocenters. The summed E-state index contributed by atoms with van der Waals surface area (Å²) in [5, 5.41) is 0. The van der Waals surface area contributed by atoms with Gasteiger partial charge in [-0.25, -0.2) is 0 Å². The molecule has 0 N–H and O–H groups in total. The van der Waals surface area contributed by atoms with Crippen molar-refractivity contribution in [3.05, 3.63) is 0 Å². The van der Waals surface area contributed by atoms with E-state index in [0.717, 1.165) is 51.4 Å². The van der Waals surface area contributed by atoms with E-state index in [2.05, 4.69) is 18.6 Å². The number of esters is 1. The Balaban J connectivity index is 4.51. The zero-order valence-corrected chi connectivity index (χ0v) is 13.7. The van der Waals surface area contributed by atoms with Crippen LogP contribution in [0.3, 0.4) is 0 Å². The van der Waals surface area contributed by atoms with Gasteiger partial charge in [0.1, 0.15) is 0 Å². The quantitative estimate of drug-likeness (QED) is 0.171. The van der Waals surface area contributed by atoms with Gasteiger partial charge in [-0.1, -0.05) is 58.8 Å². The van der Waals surface area contributed by atoms with Crippen LogP contribution in [0.5, 0.6) is 0 Å². The van der Waals surface area contributed by atoms with Crippen molar-refractivity contribution in [1.29, 1.82) is 0 Å². The first-order chi connectivity index (χ1) is 10.00. The van der Waals surface area contributed by atoms with E-state index in [1.165, 1.54) is 6.42 Å². The van der Waals surface area contributed by atoms with Crippen LogP contribution < -0.4 is 0 Å². The molecule has 0 aliphatic rings. The van der Waals surface area contributed by atoms with Gasteiger partial charge in [0.2, 0.25) is 0 Å². The van der Waals surface area contributed by atoms with Gasteiger partial charge in [-0.3, -0.25) is 9.59 Å². The van der Waals surface area contributed by atoms with Crippen LogP contribution >= 0.6 is 0 Å². The number of hydrogen-bond acceptors (Lipinski definition) is 4. The molecule has 0 saturated carbocycles. The summed E-state index contributed by atoms with van der Waals surface area (Å²) in [5.41, 5.74) is -0.549. The highest BCUT2D eigenvalue weighted by Crippen LogP contribution is 2.33. The van der Waals surface area contributed by atoms with Crippen LogP contribution in [-0.2, 0) is 19.1 Å². The van der Waals surface area contributed by atoms with Crippen molar-refractivity contribution in [2.24, 2.45) is 5.41 Å². The van der Waals surface area contributed by atoms with E-state index in [-0.39, 0.29) is 12.4 Å². The standard InChI is InChI=1S/C16H29BO4/c1-4-6-8-10-12-16(3,11-9-7-5-2)14(19)21-15(17)20-13-18/h13,15H,4-12H2,1-3H3. The van der Waals surface area contributed by atoms with Gasteiger partial charge in [-0.05, 0) is 19.8 Å². The van der Waals surface area contributed by atoms with E-state index in [9.17, 15) is 9.59 Å². The van der Waals surface area contributed by atoms with E-state index in [1.807, 2.05) is 6.92 Å². The lowest BCUT2D eigenvalue weighted by atomic mass is 9.79. The van der Waals surface area contributed by atoms with Crippen molar-refractivity contribution >= 4 is 20.3 Å². The van der Waals surface area contributed by atoms with Gasteiger partial charge >= 0.3 is 5.97 Å². The van der Waals surface area contributed by atoms with Gasteiger partial charge in [-0.15, -0.1) is 0 Å². The molecule has 0 aromatic heterocycles. The van der Waals surface area contributed by atoms with Gasteiger partial charge in [-0.2, -0.15) is 0 Å². The molecule has 0 aliphatic carbocycles. The molecule has 2 radical (unpaired) electrons. The second-order valence-electron chi connectivity index (χ2n) is 5.83. The minimum absolute atomic E-state index is 0.188. The van der Waals surface area contributed by atoms with E-state index < -0.39 is 11.6 Å². The maximum atomic E-state index is 12.3. The molecule has 21 heavy (non-hydrogen) atoms. The summed E-state index contributed by atoms with van der Waals surface area (Å²) < 4.78 is 9.46. The first-order valence-electron chi connectivity index (χ1n) is 8.06. The van der Waals surface area contributed by atoms with Crippen molar-refractivity contribution in [3.63, 3.8) is 0 Å². The largest absolute Gasteiger partial charge is 0.438 e. The zero-order valence-electron chi connectivity index (χ0n) is 13.7. The average Bonchev–Trinajstić information content (AvgIpc) is 2.44. The maximum absolute atomic E-state index is 12.3. The summed E-state index contributed by atoms with van der Waals surface area (Å²) in [6.07, 6.45) is 7.88. The fourth-order valence-corrected chi connectivity index (χ4v) is 2.37. The topological polar surface area (TPSA) is 52.6 Å². The fourth-order valence-electron chi connectivity index (χ4n) is 2.37. The first kappa shape index (κ1) is 20.0. The number of ether oxygens (including phenoxy) is 2. The molecule has 0 aromatic carbocycles. The van der Waals surface area contributed by atoms with Crippen molar-refractivity contribution in [2.45, 2.75) is 84.7 Å². The Morgan fingerprint density at radius 3 is 2.14 bits per heavy atom. The summed E-state index contributed by atoms with van der Waals surface area (Å²) in [5.74, 6) is -0.371. The molecule has 4 nitrogen and oxygen atoms in total. The molecule has 0 saturated heterocycles. The third kappa shape index (κ3) is 8.79. The van der Waals surface area contributed by atoms with Crippen LogP contribution in [0.1, 0.15) is 78.6 Å². The normalized spacial score (nSPS) is 15.0. The van der Waals surface area contributed by atoms with E-state index >= 15 is 0 Å². The van der Waals surface area contributed by atoms with Crippen molar-refractivity contribution < 1.29 is 19.1 Å². The summed E-state index contributed by atoms with van der Waals surface area (Å²) >= 11 is 0. The Labute approximate surface area is 130 Å². The SMILES string of the molecule is [B]C(OC=O)OC(=O)C(C)(CCCCC)CCCCCC. The van der Waals surface area contributed by atoms with Crippen LogP contribution in [0.15, 0.2) is 0 Å². The molecular formula is C16H29BO4. The monoisotopic (exact) mass is 296 g/mol. The highest BCUT2D eigenvalue weighted by atomic mass is 16.7. The average molecular weight is 296 g/mol. The Bertz CT molecular complexity index is 296. The third-order valence-electron chi connectivity index (χ3n) is 3.82. The molecular weight excluding hydrogens is 267 g/mol. The predicted octanol–water partition coefficient (Wildman–Crippen LogP) is 3.71. The van der Waals surface area contributed by atoms with Crippen LogP contribution in [-0.4, -0.2) is 26.5 Å². The molecule has 0 bridgehead atoms. The number of rotatable bonds is 13. The molecule has 0 rings (SSSR count). The zero-order chi connectivity index (χ0) is 16.1. The Kier molecular flexibility index (Phi) is 11.1. The maximum Gasteiger partial charge on any atom is 0.314 e. The predicted molar refractivity (Wildman–Crippen MR) is 83.8 cm³/mol. The van der Waals surface area contributed by atoms with Gasteiger partial charge in [0.25, 0.3) is 6.47 Å². The molecule has 2 atom stereocenters.